The first-order valence-electron chi connectivity index (χ1n) is 6.09. The van der Waals surface area contributed by atoms with E-state index in [0.717, 1.165) is 26.2 Å². The summed E-state index contributed by atoms with van der Waals surface area (Å²) in [6.07, 6.45) is 0.464. The average Bonchev–Trinajstić information content (AvgIpc) is 2.40. The smallest absolute Gasteiger partial charge is 0.223 e. The van der Waals surface area contributed by atoms with E-state index in [1.807, 2.05) is 23.1 Å². The number of para-hydroxylation sites is 1. The lowest BCUT2D eigenvalue weighted by molar-refractivity contribution is -0.131. The fourth-order valence-corrected chi connectivity index (χ4v) is 2.13. The number of amides is 1. The summed E-state index contributed by atoms with van der Waals surface area (Å²) >= 11 is 0. The van der Waals surface area contributed by atoms with Crippen LogP contribution in [-0.2, 0) is 4.79 Å². The number of piperazine rings is 1. The van der Waals surface area contributed by atoms with Crippen molar-refractivity contribution in [1.29, 1.82) is 0 Å². The number of hydrogen-bond acceptors (Lipinski definition) is 3. The molecule has 1 aromatic rings. The highest BCUT2D eigenvalue weighted by molar-refractivity contribution is 5.76. The maximum Gasteiger partial charge on any atom is 0.223 e. The van der Waals surface area contributed by atoms with Crippen molar-refractivity contribution in [1.82, 2.24) is 4.90 Å². The van der Waals surface area contributed by atoms with Gasteiger partial charge in [-0.1, -0.05) is 18.2 Å². The second-order valence-corrected chi connectivity index (χ2v) is 4.24. The molecule has 1 saturated heterocycles. The first-order chi connectivity index (χ1) is 8.31. The van der Waals surface area contributed by atoms with Crippen LogP contribution >= 0.6 is 0 Å². The van der Waals surface area contributed by atoms with Crippen LogP contribution in [0, 0.1) is 0 Å². The number of nitrogens with zero attached hydrogens (tertiary/aromatic N) is 2. The molecule has 0 bridgehead atoms. The molecular formula is C13H19N3O. The van der Waals surface area contributed by atoms with Crippen molar-refractivity contribution in [2.45, 2.75) is 6.42 Å². The summed E-state index contributed by atoms with van der Waals surface area (Å²) < 4.78 is 0. The van der Waals surface area contributed by atoms with Crippen molar-refractivity contribution in [3.05, 3.63) is 30.3 Å². The molecule has 0 atom stereocenters. The monoisotopic (exact) mass is 233 g/mol. The summed E-state index contributed by atoms with van der Waals surface area (Å²) in [5, 5.41) is 0. The van der Waals surface area contributed by atoms with Gasteiger partial charge in [0.15, 0.2) is 0 Å². The van der Waals surface area contributed by atoms with Crippen molar-refractivity contribution < 1.29 is 4.79 Å². The Labute approximate surface area is 102 Å². The fraction of sp³-hybridized carbons (Fsp3) is 0.462. The summed E-state index contributed by atoms with van der Waals surface area (Å²) in [6.45, 7) is 3.85. The predicted octanol–water partition coefficient (Wildman–Crippen LogP) is 0.684. The third-order valence-corrected chi connectivity index (χ3v) is 3.11. The molecule has 1 aliphatic heterocycles. The molecule has 4 nitrogen and oxygen atoms in total. The zero-order valence-corrected chi connectivity index (χ0v) is 10.0. The van der Waals surface area contributed by atoms with Gasteiger partial charge in [-0.05, 0) is 12.1 Å². The van der Waals surface area contributed by atoms with Crippen LogP contribution in [0.5, 0.6) is 0 Å². The maximum absolute atomic E-state index is 11.7. The number of benzene rings is 1. The second kappa shape index (κ2) is 5.68. The Morgan fingerprint density at radius 1 is 1.12 bits per heavy atom. The summed E-state index contributed by atoms with van der Waals surface area (Å²) in [6, 6.07) is 10.3. The Kier molecular flexibility index (Phi) is 3.98. The van der Waals surface area contributed by atoms with Gasteiger partial charge in [-0.15, -0.1) is 0 Å². The first-order valence-corrected chi connectivity index (χ1v) is 6.09. The van der Waals surface area contributed by atoms with Crippen LogP contribution in [0.1, 0.15) is 6.42 Å². The molecule has 0 saturated carbocycles. The molecule has 1 fully saturated rings. The van der Waals surface area contributed by atoms with Gasteiger partial charge in [0, 0.05) is 44.8 Å². The van der Waals surface area contributed by atoms with Gasteiger partial charge in [-0.25, -0.2) is 0 Å². The van der Waals surface area contributed by atoms with E-state index < -0.39 is 0 Å². The highest BCUT2D eigenvalue weighted by atomic mass is 16.2. The minimum atomic E-state index is 0.181. The highest BCUT2D eigenvalue weighted by Crippen LogP contribution is 2.15. The van der Waals surface area contributed by atoms with E-state index in [2.05, 4.69) is 17.0 Å². The number of carbonyl (C=O) groups is 1. The molecule has 1 aliphatic rings. The molecule has 0 unspecified atom stereocenters. The van der Waals surface area contributed by atoms with E-state index in [4.69, 9.17) is 5.73 Å². The molecule has 1 aromatic carbocycles. The molecular weight excluding hydrogens is 214 g/mol. The minimum absolute atomic E-state index is 0.181. The third kappa shape index (κ3) is 2.97. The van der Waals surface area contributed by atoms with Gasteiger partial charge in [0.05, 0.1) is 0 Å². The molecule has 1 amide bonds. The topological polar surface area (TPSA) is 49.6 Å². The molecule has 0 aromatic heterocycles. The van der Waals surface area contributed by atoms with Gasteiger partial charge in [0.2, 0.25) is 5.91 Å². The Balaban J connectivity index is 1.88. The zero-order chi connectivity index (χ0) is 12.1. The van der Waals surface area contributed by atoms with Gasteiger partial charge in [0.1, 0.15) is 0 Å². The van der Waals surface area contributed by atoms with Crippen molar-refractivity contribution in [3.8, 4) is 0 Å². The molecule has 4 heteroatoms. The Hall–Kier alpha value is -1.55. The maximum atomic E-state index is 11.7. The third-order valence-electron chi connectivity index (χ3n) is 3.11. The Morgan fingerprint density at radius 2 is 1.76 bits per heavy atom. The normalized spacial score (nSPS) is 16.1. The van der Waals surface area contributed by atoms with E-state index in [1.54, 1.807) is 0 Å². The summed E-state index contributed by atoms with van der Waals surface area (Å²) in [7, 11) is 0. The van der Waals surface area contributed by atoms with Gasteiger partial charge in [-0.3, -0.25) is 4.79 Å². The standard InChI is InChI=1S/C13H19N3O/c14-7-6-13(17)16-10-8-15(9-11-16)12-4-2-1-3-5-12/h1-5H,6-11,14H2. The largest absolute Gasteiger partial charge is 0.368 e. The summed E-state index contributed by atoms with van der Waals surface area (Å²) in [4.78, 5) is 15.9. The second-order valence-electron chi connectivity index (χ2n) is 4.24. The lowest BCUT2D eigenvalue weighted by atomic mass is 10.2. The van der Waals surface area contributed by atoms with Gasteiger partial charge < -0.3 is 15.5 Å². The molecule has 17 heavy (non-hydrogen) atoms. The van der Waals surface area contributed by atoms with Crippen molar-refractivity contribution >= 4 is 11.6 Å². The Bertz CT molecular complexity index is 358. The zero-order valence-electron chi connectivity index (χ0n) is 10.0. The van der Waals surface area contributed by atoms with Crippen molar-refractivity contribution in [2.75, 3.05) is 37.6 Å². The van der Waals surface area contributed by atoms with Crippen LogP contribution < -0.4 is 10.6 Å². The van der Waals surface area contributed by atoms with Crippen LogP contribution in [0.25, 0.3) is 0 Å². The molecule has 2 N–H and O–H groups in total. The van der Waals surface area contributed by atoms with E-state index in [1.165, 1.54) is 5.69 Å². The van der Waals surface area contributed by atoms with Gasteiger partial charge in [0.25, 0.3) is 0 Å². The number of anilines is 1. The van der Waals surface area contributed by atoms with Gasteiger partial charge >= 0.3 is 0 Å². The summed E-state index contributed by atoms with van der Waals surface area (Å²) in [5.74, 6) is 0.181. The number of rotatable bonds is 3. The number of carbonyl (C=O) groups excluding carboxylic acids is 1. The molecule has 2 rings (SSSR count). The first kappa shape index (κ1) is 11.9. The summed E-state index contributed by atoms with van der Waals surface area (Å²) in [5.41, 5.74) is 6.63. The van der Waals surface area contributed by atoms with Crippen LogP contribution in [0.3, 0.4) is 0 Å². The lowest BCUT2D eigenvalue weighted by Crippen LogP contribution is -2.49. The fourth-order valence-electron chi connectivity index (χ4n) is 2.13. The van der Waals surface area contributed by atoms with E-state index in [9.17, 15) is 4.79 Å². The number of nitrogens with two attached hydrogens (primary N) is 1. The molecule has 1 heterocycles. The highest BCUT2D eigenvalue weighted by Gasteiger charge is 2.20. The van der Waals surface area contributed by atoms with Crippen LogP contribution in [0.2, 0.25) is 0 Å². The quantitative estimate of drug-likeness (QED) is 0.835. The molecule has 0 radical (unpaired) electrons. The van der Waals surface area contributed by atoms with E-state index in [-0.39, 0.29) is 5.91 Å². The van der Waals surface area contributed by atoms with E-state index >= 15 is 0 Å². The Morgan fingerprint density at radius 3 is 2.35 bits per heavy atom. The van der Waals surface area contributed by atoms with Crippen LogP contribution in [-0.4, -0.2) is 43.5 Å². The minimum Gasteiger partial charge on any atom is -0.368 e. The van der Waals surface area contributed by atoms with E-state index in [0.29, 0.717) is 13.0 Å². The molecule has 0 spiro atoms. The van der Waals surface area contributed by atoms with Crippen molar-refractivity contribution in [2.24, 2.45) is 5.73 Å². The molecule has 92 valence electrons. The SMILES string of the molecule is NCCC(=O)N1CCN(c2ccccc2)CC1. The molecule has 0 aliphatic carbocycles. The predicted molar refractivity (Wildman–Crippen MR) is 68.9 cm³/mol. The number of hydrogen-bond donors (Lipinski definition) is 1. The van der Waals surface area contributed by atoms with Crippen LogP contribution in [0.4, 0.5) is 5.69 Å². The van der Waals surface area contributed by atoms with Crippen molar-refractivity contribution in [3.63, 3.8) is 0 Å². The van der Waals surface area contributed by atoms with Crippen LogP contribution in [0.15, 0.2) is 30.3 Å². The van der Waals surface area contributed by atoms with Gasteiger partial charge in [-0.2, -0.15) is 0 Å². The lowest BCUT2D eigenvalue weighted by Gasteiger charge is -2.36. The average molecular weight is 233 g/mol.